The first-order valence-corrected chi connectivity index (χ1v) is 11.6. The van der Waals surface area contributed by atoms with Crippen molar-refractivity contribution in [2.24, 2.45) is 5.92 Å². The molecule has 2 rings (SSSR count). The maximum Gasteiger partial charge on any atom is 0.316 e. The van der Waals surface area contributed by atoms with Gasteiger partial charge in [0.15, 0.2) is 0 Å². The van der Waals surface area contributed by atoms with Gasteiger partial charge in [0.25, 0.3) is 0 Å². The fourth-order valence-corrected chi connectivity index (χ4v) is 4.19. The van der Waals surface area contributed by atoms with Gasteiger partial charge in [0, 0.05) is 0 Å². The average Bonchev–Trinajstić information content (AvgIpc) is 2.78. The van der Waals surface area contributed by atoms with E-state index in [0.717, 1.165) is 37.5 Å². The number of allylic oxidation sites excluding steroid dienone is 1. The molecule has 7 atom stereocenters. The van der Waals surface area contributed by atoms with Gasteiger partial charge in [0.1, 0.15) is 47.8 Å². The Morgan fingerprint density at radius 3 is 2.28 bits per heavy atom. The quantitative estimate of drug-likeness (QED) is 0.184. The van der Waals surface area contributed by atoms with E-state index >= 15 is 0 Å². The highest BCUT2D eigenvalue weighted by Gasteiger charge is 2.56. The number of carbonyl (C=O) groups is 1. The Morgan fingerprint density at radius 2 is 1.66 bits per heavy atom. The van der Waals surface area contributed by atoms with Gasteiger partial charge in [-0.05, 0) is 24.6 Å². The Morgan fingerprint density at radius 1 is 1.03 bits per heavy atom. The number of aliphatic hydroxyl groups is 6. The number of hydrogen-bond acceptors (Lipinski definition) is 9. The number of aliphatic hydroxyl groups excluding tert-OH is 5. The maximum absolute atomic E-state index is 12.7. The molecule has 2 aliphatic rings. The lowest BCUT2D eigenvalue weighted by Crippen LogP contribution is -2.67. The van der Waals surface area contributed by atoms with Crippen molar-refractivity contribution in [1.82, 2.24) is 0 Å². The average molecular weight is 459 g/mol. The summed E-state index contributed by atoms with van der Waals surface area (Å²) >= 11 is 0. The Bertz CT molecular complexity index is 647. The first kappa shape index (κ1) is 26.8. The first-order valence-electron chi connectivity index (χ1n) is 11.6. The number of carbonyl (C=O) groups excluding carboxylic acids is 1. The van der Waals surface area contributed by atoms with E-state index in [1.54, 1.807) is 0 Å². The normalized spacial score (nSPS) is 34.9. The van der Waals surface area contributed by atoms with Crippen LogP contribution >= 0.6 is 0 Å². The van der Waals surface area contributed by atoms with Crippen molar-refractivity contribution >= 4 is 5.97 Å². The molecule has 0 amide bonds. The molecule has 0 aromatic carbocycles. The molecule has 2 unspecified atom stereocenters. The van der Waals surface area contributed by atoms with E-state index in [4.69, 9.17) is 9.47 Å². The minimum Gasteiger partial charge on any atom is -0.508 e. The molecule has 0 radical (unpaired) electrons. The molecule has 0 spiro atoms. The summed E-state index contributed by atoms with van der Waals surface area (Å²) in [6.07, 6.45) is 4.08. The second-order valence-electron chi connectivity index (χ2n) is 8.68. The number of hydrogen-bond donors (Lipinski definition) is 6. The zero-order valence-corrected chi connectivity index (χ0v) is 18.7. The lowest BCUT2D eigenvalue weighted by Gasteiger charge is -2.47. The molecular formula is C23H38O9. The van der Waals surface area contributed by atoms with Crippen LogP contribution in [0.4, 0.5) is 0 Å². The Hall–Kier alpha value is -1.49. The second kappa shape index (κ2) is 12.7. The SMILES string of the molecule is CCCCCCCCCCOC(=O)C1C=C(O)C=CC1(O)[C@@H]1O[C@H](CO)[C@@H](O)[C@H](O)[C@H]1O. The largest absolute Gasteiger partial charge is 0.508 e. The number of ether oxygens (including phenoxy) is 2. The van der Waals surface area contributed by atoms with Crippen LogP contribution in [-0.2, 0) is 14.3 Å². The summed E-state index contributed by atoms with van der Waals surface area (Å²) in [6.45, 7) is 1.65. The van der Waals surface area contributed by atoms with Gasteiger partial charge in [-0.2, -0.15) is 0 Å². The van der Waals surface area contributed by atoms with Gasteiger partial charge in [0.2, 0.25) is 0 Å². The van der Waals surface area contributed by atoms with Gasteiger partial charge in [-0.15, -0.1) is 0 Å². The van der Waals surface area contributed by atoms with E-state index < -0.39 is 54.6 Å². The van der Waals surface area contributed by atoms with E-state index in [1.807, 2.05) is 0 Å². The molecule has 32 heavy (non-hydrogen) atoms. The van der Waals surface area contributed by atoms with Crippen molar-refractivity contribution < 1.29 is 44.9 Å². The number of esters is 1. The van der Waals surface area contributed by atoms with E-state index in [0.29, 0.717) is 6.42 Å². The molecule has 0 bridgehead atoms. The third-order valence-corrected chi connectivity index (χ3v) is 6.20. The van der Waals surface area contributed by atoms with Crippen molar-refractivity contribution in [3.8, 4) is 0 Å². The van der Waals surface area contributed by atoms with Gasteiger partial charge in [-0.25, -0.2) is 0 Å². The first-order chi connectivity index (χ1) is 15.3. The fraction of sp³-hybridized carbons (Fsp3) is 0.783. The smallest absolute Gasteiger partial charge is 0.316 e. The predicted octanol–water partition coefficient (Wildman–Crippen LogP) is 0.872. The van der Waals surface area contributed by atoms with Crippen LogP contribution in [-0.4, -0.2) is 85.9 Å². The van der Waals surface area contributed by atoms with Crippen LogP contribution in [0.2, 0.25) is 0 Å². The molecule has 1 saturated heterocycles. The molecule has 0 aromatic rings. The van der Waals surface area contributed by atoms with Crippen molar-refractivity contribution in [2.75, 3.05) is 13.2 Å². The minimum absolute atomic E-state index is 0.146. The van der Waals surface area contributed by atoms with Gasteiger partial charge >= 0.3 is 5.97 Å². The van der Waals surface area contributed by atoms with Crippen molar-refractivity contribution in [1.29, 1.82) is 0 Å². The van der Waals surface area contributed by atoms with E-state index in [2.05, 4.69) is 6.92 Å². The van der Waals surface area contributed by atoms with E-state index in [1.165, 1.54) is 25.7 Å². The minimum atomic E-state index is -2.17. The molecule has 0 saturated carbocycles. The molecule has 184 valence electrons. The van der Waals surface area contributed by atoms with Crippen LogP contribution < -0.4 is 0 Å². The molecule has 6 N–H and O–H groups in total. The summed E-state index contributed by atoms with van der Waals surface area (Å²) in [6, 6.07) is 0. The third kappa shape index (κ3) is 6.52. The van der Waals surface area contributed by atoms with Gasteiger partial charge in [0.05, 0.1) is 13.2 Å². The molecule has 1 aliphatic heterocycles. The molecule has 1 aliphatic carbocycles. The molecule has 9 nitrogen and oxygen atoms in total. The topological polar surface area (TPSA) is 157 Å². The molecule has 1 fully saturated rings. The monoisotopic (exact) mass is 458 g/mol. The van der Waals surface area contributed by atoms with Crippen LogP contribution in [0.5, 0.6) is 0 Å². The number of rotatable bonds is 12. The van der Waals surface area contributed by atoms with Crippen LogP contribution in [0.3, 0.4) is 0 Å². The van der Waals surface area contributed by atoms with Crippen LogP contribution in [0, 0.1) is 5.92 Å². The van der Waals surface area contributed by atoms with Gasteiger partial charge in [-0.3, -0.25) is 4.79 Å². The Labute approximate surface area is 189 Å². The highest BCUT2D eigenvalue weighted by molar-refractivity contribution is 5.77. The molecule has 0 aromatic heterocycles. The predicted molar refractivity (Wildman–Crippen MR) is 116 cm³/mol. The standard InChI is InChI=1S/C23H38O9/c1-2-3-4-5-6-7-8-9-12-31-22(29)16-13-15(25)10-11-23(16,30)21-20(28)19(27)18(26)17(14-24)32-21/h10-11,13,16-21,24-28,30H,2-9,12,14H2,1H3/t16?,17-,18-,19+,20-,21-,23?/m1/s1. The Kier molecular flexibility index (Phi) is 10.6. The van der Waals surface area contributed by atoms with E-state index in [9.17, 15) is 35.4 Å². The number of unbranched alkanes of at least 4 members (excludes halogenated alkanes) is 7. The lowest BCUT2D eigenvalue weighted by atomic mass is 9.74. The zero-order chi connectivity index (χ0) is 23.7. The summed E-state index contributed by atoms with van der Waals surface area (Å²) in [5.41, 5.74) is -2.17. The molecule has 9 heteroatoms. The summed E-state index contributed by atoms with van der Waals surface area (Å²) in [5, 5.41) is 61.0. The molecule has 1 heterocycles. The zero-order valence-electron chi connectivity index (χ0n) is 18.7. The highest BCUT2D eigenvalue weighted by Crippen LogP contribution is 2.38. The van der Waals surface area contributed by atoms with Crippen LogP contribution in [0.15, 0.2) is 24.0 Å². The van der Waals surface area contributed by atoms with Crippen LogP contribution in [0.1, 0.15) is 58.3 Å². The summed E-state index contributed by atoms with van der Waals surface area (Å²) in [4.78, 5) is 12.7. The Balaban J connectivity index is 1.96. The van der Waals surface area contributed by atoms with Gasteiger partial charge < -0.3 is 40.1 Å². The van der Waals surface area contributed by atoms with Crippen molar-refractivity contribution in [3.05, 3.63) is 24.0 Å². The highest BCUT2D eigenvalue weighted by atomic mass is 16.6. The molecular weight excluding hydrogens is 420 g/mol. The second-order valence-corrected chi connectivity index (χ2v) is 8.68. The lowest BCUT2D eigenvalue weighted by molar-refractivity contribution is -0.267. The summed E-state index contributed by atoms with van der Waals surface area (Å²) in [7, 11) is 0. The van der Waals surface area contributed by atoms with E-state index in [-0.39, 0.29) is 12.4 Å². The maximum atomic E-state index is 12.7. The van der Waals surface area contributed by atoms with Crippen LogP contribution in [0.25, 0.3) is 0 Å². The van der Waals surface area contributed by atoms with Crippen molar-refractivity contribution in [2.45, 2.75) is 94.4 Å². The summed E-state index contributed by atoms with van der Waals surface area (Å²) in [5.74, 6) is -2.50. The fourth-order valence-electron chi connectivity index (χ4n) is 4.19. The third-order valence-electron chi connectivity index (χ3n) is 6.20. The van der Waals surface area contributed by atoms with Gasteiger partial charge in [-0.1, -0.05) is 51.9 Å². The van der Waals surface area contributed by atoms with Crippen molar-refractivity contribution in [3.63, 3.8) is 0 Å². The summed E-state index contributed by atoms with van der Waals surface area (Å²) < 4.78 is 10.8.